The zero-order valence-electron chi connectivity index (χ0n) is 14.3. The van der Waals surface area contributed by atoms with Gasteiger partial charge in [-0.2, -0.15) is 0 Å². The molecule has 5 nitrogen and oxygen atoms in total. The minimum atomic E-state index is 0.553. The van der Waals surface area contributed by atoms with E-state index in [1.54, 1.807) is 0 Å². The van der Waals surface area contributed by atoms with Gasteiger partial charge in [-0.1, -0.05) is 6.92 Å². The number of pyridine rings is 1. The van der Waals surface area contributed by atoms with Crippen molar-refractivity contribution in [2.24, 2.45) is 0 Å². The van der Waals surface area contributed by atoms with E-state index >= 15 is 0 Å². The zero-order chi connectivity index (χ0) is 15.8. The van der Waals surface area contributed by atoms with Crippen LogP contribution in [-0.4, -0.2) is 64.1 Å². The molecule has 2 fully saturated rings. The van der Waals surface area contributed by atoms with Crippen LogP contribution in [0.2, 0.25) is 0 Å². The molecular weight excluding hydrogens is 286 g/mol. The molecule has 4 rings (SSSR count). The Morgan fingerprint density at radius 1 is 1.17 bits per heavy atom. The van der Waals surface area contributed by atoms with Crippen molar-refractivity contribution in [3.8, 4) is 0 Å². The highest BCUT2D eigenvalue weighted by molar-refractivity contribution is 5.71. The quantitative estimate of drug-likeness (QED) is 0.872. The zero-order valence-corrected chi connectivity index (χ0v) is 14.3. The highest BCUT2D eigenvalue weighted by atomic mass is 15.2. The Kier molecular flexibility index (Phi) is 4.07. The molecule has 124 valence electrons. The summed E-state index contributed by atoms with van der Waals surface area (Å²) < 4.78 is 2.49. The molecule has 1 atom stereocenters. The lowest BCUT2D eigenvalue weighted by Crippen LogP contribution is -2.32. The molecule has 5 heteroatoms. The third-order valence-corrected chi connectivity index (χ3v) is 5.61. The van der Waals surface area contributed by atoms with E-state index in [1.807, 2.05) is 12.3 Å². The molecule has 1 unspecified atom stereocenters. The molecule has 0 amide bonds. The van der Waals surface area contributed by atoms with Gasteiger partial charge in [-0.05, 0) is 64.6 Å². The van der Waals surface area contributed by atoms with Crippen LogP contribution in [0.3, 0.4) is 0 Å². The van der Waals surface area contributed by atoms with E-state index in [1.165, 1.54) is 44.7 Å². The highest BCUT2D eigenvalue weighted by Crippen LogP contribution is 2.34. The summed E-state index contributed by atoms with van der Waals surface area (Å²) in [5.74, 6) is 1.84. The molecule has 0 bridgehead atoms. The second-order valence-corrected chi connectivity index (χ2v) is 7.10. The van der Waals surface area contributed by atoms with Crippen LogP contribution in [0, 0.1) is 0 Å². The standard InChI is InChI=1S/C18H27N5/c1-3-22-12-6-14(13-22)17-20-16-5-4-9-19-18(16)23(17)15-7-10-21(2)11-8-15/h4-5,9,14-15H,3,6-8,10-13H2,1-2H3. The number of hydrogen-bond acceptors (Lipinski definition) is 4. The summed E-state index contributed by atoms with van der Waals surface area (Å²) in [4.78, 5) is 14.7. The fourth-order valence-electron chi connectivity index (χ4n) is 4.18. The number of aromatic nitrogens is 3. The van der Waals surface area contributed by atoms with Gasteiger partial charge in [0.1, 0.15) is 11.3 Å². The van der Waals surface area contributed by atoms with Gasteiger partial charge < -0.3 is 14.4 Å². The highest BCUT2D eigenvalue weighted by Gasteiger charge is 2.31. The summed E-state index contributed by atoms with van der Waals surface area (Å²) in [7, 11) is 2.22. The van der Waals surface area contributed by atoms with Crippen LogP contribution in [0.5, 0.6) is 0 Å². The second-order valence-electron chi connectivity index (χ2n) is 7.10. The number of likely N-dealkylation sites (tertiary alicyclic amines) is 2. The van der Waals surface area contributed by atoms with Gasteiger partial charge >= 0.3 is 0 Å². The van der Waals surface area contributed by atoms with E-state index in [4.69, 9.17) is 4.98 Å². The topological polar surface area (TPSA) is 37.2 Å². The van der Waals surface area contributed by atoms with Crippen LogP contribution in [0.4, 0.5) is 0 Å². The molecule has 2 aromatic heterocycles. The number of nitrogens with zero attached hydrogens (tertiary/aromatic N) is 5. The monoisotopic (exact) mass is 313 g/mol. The minimum Gasteiger partial charge on any atom is -0.309 e. The lowest BCUT2D eigenvalue weighted by molar-refractivity contribution is 0.219. The summed E-state index contributed by atoms with van der Waals surface area (Å²) in [5, 5.41) is 0. The SMILES string of the molecule is CCN1CCC(c2nc3cccnc3n2C2CCN(C)CC2)C1. The Balaban J connectivity index is 1.73. The lowest BCUT2D eigenvalue weighted by Gasteiger charge is -2.31. The molecule has 0 radical (unpaired) electrons. The number of likely N-dealkylation sites (N-methyl/N-ethyl adjacent to an activating group) is 1. The molecule has 2 saturated heterocycles. The lowest BCUT2D eigenvalue weighted by atomic mass is 10.0. The Morgan fingerprint density at radius 2 is 2.00 bits per heavy atom. The summed E-state index contributed by atoms with van der Waals surface area (Å²) >= 11 is 0. The average Bonchev–Trinajstić information content (AvgIpc) is 3.19. The van der Waals surface area contributed by atoms with Crippen molar-refractivity contribution >= 4 is 11.2 Å². The molecule has 2 aliphatic heterocycles. The molecule has 0 saturated carbocycles. The number of fused-ring (bicyclic) bond motifs is 1. The molecule has 0 spiro atoms. The van der Waals surface area contributed by atoms with Crippen molar-refractivity contribution in [3.05, 3.63) is 24.2 Å². The van der Waals surface area contributed by atoms with Crippen molar-refractivity contribution in [3.63, 3.8) is 0 Å². The summed E-state index contributed by atoms with van der Waals surface area (Å²) in [6.45, 7) is 8.08. The van der Waals surface area contributed by atoms with Gasteiger partial charge in [-0.3, -0.25) is 0 Å². The molecule has 0 N–H and O–H groups in total. The predicted octanol–water partition coefficient (Wildman–Crippen LogP) is 2.51. The molecule has 4 heterocycles. The smallest absolute Gasteiger partial charge is 0.160 e. The number of imidazole rings is 1. The van der Waals surface area contributed by atoms with Crippen molar-refractivity contribution in [2.45, 2.75) is 38.1 Å². The van der Waals surface area contributed by atoms with E-state index in [-0.39, 0.29) is 0 Å². The van der Waals surface area contributed by atoms with Crippen LogP contribution in [0.15, 0.2) is 18.3 Å². The Bertz CT molecular complexity index is 671. The van der Waals surface area contributed by atoms with Crippen molar-refractivity contribution in [2.75, 3.05) is 39.8 Å². The molecular formula is C18H27N5. The maximum atomic E-state index is 5.02. The third kappa shape index (κ3) is 2.76. The largest absolute Gasteiger partial charge is 0.309 e. The molecule has 0 aromatic carbocycles. The Morgan fingerprint density at radius 3 is 2.74 bits per heavy atom. The van der Waals surface area contributed by atoms with Crippen molar-refractivity contribution < 1.29 is 0 Å². The van der Waals surface area contributed by atoms with E-state index in [0.717, 1.165) is 24.3 Å². The molecule has 23 heavy (non-hydrogen) atoms. The van der Waals surface area contributed by atoms with Crippen LogP contribution in [0.1, 0.15) is 44.0 Å². The molecule has 2 aromatic rings. The van der Waals surface area contributed by atoms with Gasteiger partial charge in [0, 0.05) is 24.7 Å². The third-order valence-electron chi connectivity index (χ3n) is 5.61. The second kappa shape index (κ2) is 6.21. The van der Waals surface area contributed by atoms with Crippen LogP contribution < -0.4 is 0 Å². The predicted molar refractivity (Wildman–Crippen MR) is 92.8 cm³/mol. The molecule has 2 aliphatic rings. The van der Waals surface area contributed by atoms with Gasteiger partial charge in [0.25, 0.3) is 0 Å². The van der Waals surface area contributed by atoms with Gasteiger partial charge in [0.15, 0.2) is 5.65 Å². The first kappa shape index (κ1) is 15.1. The minimum absolute atomic E-state index is 0.553. The normalized spacial score (nSPS) is 24.7. The van der Waals surface area contributed by atoms with Gasteiger partial charge in [0.2, 0.25) is 0 Å². The van der Waals surface area contributed by atoms with Gasteiger partial charge in [-0.15, -0.1) is 0 Å². The van der Waals surface area contributed by atoms with Crippen LogP contribution in [-0.2, 0) is 0 Å². The maximum Gasteiger partial charge on any atom is 0.160 e. The van der Waals surface area contributed by atoms with Gasteiger partial charge in [0.05, 0.1) is 0 Å². The van der Waals surface area contributed by atoms with E-state index < -0.39 is 0 Å². The summed E-state index contributed by atoms with van der Waals surface area (Å²) in [6.07, 6.45) is 5.54. The van der Waals surface area contributed by atoms with Crippen molar-refractivity contribution in [1.29, 1.82) is 0 Å². The van der Waals surface area contributed by atoms with E-state index in [0.29, 0.717) is 12.0 Å². The maximum absolute atomic E-state index is 5.02. The first-order chi connectivity index (χ1) is 11.3. The first-order valence-corrected chi connectivity index (χ1v) is 9.00. The van der Waals surface area contributed by atoms with Crippen molar-refractivity contribution in [1.82, 2.24) is 24.3 Å². The van der Waals surface area contributed by atoms with E-state index in [9.17, 15) is 0 Å². The summed E-state index contributed by atoms with van der Waals surface area (Å²) in [5.41, 5.74) is 2.16. The average molecular weight is 313 g/mol. The number of rotatable bonds is 3. The Hall–Kier alpha value is -1.46. The van der Waals surface area contributed by atoms with E-state index in [2.05, 4.69) is 39.4 Å². The fraction of sp³-hybridized carbons (Fsp3) is 0.667. The van der Waals surface area contributed by atoms with Crippen LogP contribution in [0.25, 0.3) is 11.2 Å². The van der Waals surface area contributed by atoms with Crippen LogP contribution >= 0.6 is 0 Å². The van der Waals surface area contributed by atoms with Gasteiger partial charge in [-0.25, -0.2) is 9.97 Å². The summed E-state index contributed by atoms with van der Waals surface area (Å²) in [6, 6.07) is 4.67. The first-order valence-electron chi connectivity index (χ1n) is 9.00. The number of piperidine rings is 1. The Labute approximate surface area is 138 Å². The fourth-order valence-corrected chi connectivity index (χ4v) is 4.18. The molecule has 0 aliphatic carbocycles. The number of hydrogen-bond donors (Lipinski definition) is 0.